The Morgan fingerprint density at radius 2 is 2.28 bits per heavy atom. The molecule has 2 aromatic rings. The molecule has 2 aromatic heterocycles. The largest absolute Gasteiger partial charge is 0.493 e. The van der Waals surface area contributed by atoms with E-state index in [-0.39, 0.29) is 0 Å². The number of rotatable bonds is 5. The number of ether oxygens (including phenoxy) is 1. The Bertz CT molecular complexity index is 496. The molecule has 5 nitrogen and oxygen atoms in total. The fraction of sp³-hybridized carbons (Fsp3) is 0.385. The van der Waals surface area contributed by atoms with Gasteiger partial charge in [0.2, 0.25) is 0 Å². The third-order valence-corrected chi connectivity index (χ3v) is 2.73. The number of nitrogens with zero attached hydrogens (tertiary/aromatic N) is 3. The molecule has 0 fully saturated rings. The SMILES string of the molecule is CCCn1ncc(OC)c1C(O)c1ccccn1. The number of aryl methyl sites for hydroxylation is 1. The molecule has 0 aliphatic heterocycles. The summed E-state index contributed by atoms with van der Waals surface area (Å²) in [5, 5.41) is 14.6. The quantitative estimate of drug-likeness (QED) is 0.875. The normalized spacial score (nSPS) is 12.4. The third-order valence-electron chi connectivity index (χ3n) is 2.73. The Kier molecular flexibility index (Phi) is 3.94. The number of pyridine rings is 1. The zero-order chi connectivity index (χ0) is 13.0. The molecule has 96 valence electrons. The van der Waals surface area contributed by atoms with Crippen molar-refractivity contribution < 1.29 is 9.84 Å². The van der Waals surface area contributed by atoms with Crippen molar-refractivity contribution in [3.05, 3.63) is 42.0 Å². The summed E-state index contributed by atoms with van der Waals surface area (Å²) in [5.41, 5.74) is 1.24. The van der Waals surface area contributed by atoms with Crippen LogP contribution in [0, 0.1) is 0 Å². The van der Waals surface area contributed by atoms with E-state index >= 15 is 0 Å². The summed E-state index contributed by atoms with van der Waals surface area (Å²) < 4.78 is 7.01. The lowest BCUT2D eigenvalue weighted by Gasteiger charge is -2.14. The highest BCUT2D eigenvalue weighted by atomic mass is 16.5. The maximum absolute atomic E-state index is 10.4. The molecule has 5 heteroatoms. The van der Waals surface area contributed by atoms with Gasteiger partial charge in [-0.25, -0.2) is 0 Å². The third kappa shape index (κ3) is 2.36. The molecule has 1 N–H and O–H groups in total. The van der Waals surface area contributed by atoms with Gasteiger partial charge in [-0.15, -0.1) is 0 Å². The first-order valence-corrected chi connectivity index (χ1v) is 5.96. The van der Waals surface area contributed by atoms with Crippen LogP contribution in [0.15, 0.2) is 30.6 Å². The fourth-order valence-corrected chi connectivity index (χ4v) is 1.88. The van der Waals surface area contributed by atoms with Crippen molar-refractivity contribution in [2.45, 2.75) is 26.0 Å². The van der Waals surface area contributed by atoms with Crippen LogP contribution in [0.1, 0.15) is 30.8 Å². The first-order chi connectivity index (χ1) is 8.77. The number of methoxy groups -OCH3 is 1. The van der Waals surface area contributed by atoms with E-state index in [1.54, 1.807) is 30.3 Å². The van der Waals surface area contributed by atoms with E-state index in [4.69, 9.17) is 4.74 Å². The molecule has 2 rings (SSSR count). The minimum Gasteiger partial charge on any atom is -0.493 e. The molecule has 1 atom stereocenters. The van der Waals surface area contributed by atoms with Gasteiger partial charge in [0.05, 0.1) is 19.0 Å². The average Bonchev–Trinajstić information content (AvgIpc) is 2.82. The van der Waals surface area contributed by atoms with Crippen molar-refractivity contribution in [3.8, 4) is 5.75 Å². The maximum atomic E-state index is 10.4. The van der Waals surface area contributed by atoms with Gasteiger partial charge in [0.15, 0.2) is 5.75 Å². The van der Waals surface area contributed by atoms with E-state index in [2.05, 4.69) is 17.0 Å². The molecule has 1 unspecified atom stereocenters. The molecule has 18 heavy (non-hydrogen) atoms. The molecular weight excluding hydrogens is 230 g/mol. The first kappa shape index (κ1) is 12.6. The maximum Gasteiger partial charge on any atom is 0.163 e. The summed E-state index contributed by atoms with van der Waals surface area (Å²) in [7, 11) is 1.57. The Labute approximate surface area is 106 Å². The second-order valence-corrected chi connectivity index (χ2v) is 3.98. The Balaban J connectivity index is 2.39. The molecular formula is C13H17N3O2. The van der Waals surface area contributed by atoms with Crippen LogP contribution in [0.2, 0.25) is 0 Å². The van der Waals surface area contributed by atoms with Crippen LogP contribution in [0.4, 0.5) is 0 Å². The van der Waals surface area contributed by atoms with E-state index in [0.29, 0.717) is 17.1 Å². The highest BCUT2D eigenvalue weighted by molar-refractivity contribution is 5.32. The topological polar surface area (TPSA) is 60.2 Å². The van der Waals surface area contributed by atoms with Gasteiger partial charge in [-0.3, -0.25) is 9.67 Å². The average molecular weight is 247 g/mol. The molecule has 0 aromatic carbocycles. The molecule has 0 saturated heterocycles. The minimum absolute atomic E-state index is 0.585. The summed E-state index contributed by atoms with van der Waals surface area (Å²) in [6.45, 7) is 2.80. The standard InChI is InChI=1S/C13H17N3O2/c1-3-8-16-12(11(18-2)9-15-16)13(17)10-6-4-5-7-14-10/h4-7,9,13,17H,3,8H2,1-2H3. The van der Waals surface area contributed by atoms with Gasteiger partial charge in [0.1, 0.15) is 11.8 Å². The highest BCUT2D eigenvalue weighted by Gasteiger charge is 2.21. The summed E-state index contributed by atoms with van der Waals surface area (Å²) in [6.07, 6.45) is 3.39. The molecule has 0 spiro atoms. The monoisotopic (exact) mass is 247 g/mol. The Morgan fingerprint density at radius 1 is 1.44 bits per heavy atom. The van der Waals surface area contributed by atoms with Crippen molar-refractivity contribution in [2.24, 2.45) is 0 Å². The molecule has 0 amide bonds. The predicted molar refractivity (Wildman–Crippen MR) is 67.4 cm³/mol. The van der Waals surface area contributed by atoms with Crippen LogP contribution in [-0.4, -0.2) is 27.0 Å². The van der Waals surface area contributed by atoms with Gasteiger partial charge in [0, 0.05) is 12.7 Å². The second kappa shape index (κ2) is 5.64. The Hall–Kier alpha value is -1.88. The zero-order valence-electron chi connectivity index (χ0n) is 10.6. The lowest BCUT2D eigenvalue weighted by atomic mass is 10.1. The number of aliphatic hydroxyl groups is 1. The van der Waals surface area contributed by atoms with Crippen LogP contribution < -0.4 is 4.74 Å². The lowest BCUT2D eigenvalue weighted by Crippen LogP contribution is -2.12. The van der Waals surface area contributed by atoms with Crippen LogP contribution in [0.3, 0.4) is 0 Å². The fourth-order valence-electron chi connectivity index (χ4n) is 1.88. The summed E-state index contributed by atoms with van der Waals surface area (Å²) >= 11 is 0. The van der Waals surface area contributed by atoms with Crippen molar-refractivity contribution >= 4 is 0 Å². The van der Waals surface area contributed by atoms with Gasteiger partial charge in [-0.2, -0.15) is 5.10 Å². The van der Waals surface area contributed by atoms with Gasteiger partial charge in [-0.1, -0.05) is 13.0 Å². The lowest BCUT2D eigenvalue weighted by molar-refractivity contribution is 0.197. The van der Waals surface area contributed by atoms with Crippen LogP contribution in [0.25, 0.3) is 0 Å². The van der Waals surface area contributed by atoms with Crippen LogP contribution >= 0.6 is 0 Å². The number of hydrogen-bond acceptors (Lipinski definition) is 4. The van der Waals surface area contributed by atoms with Crippen molar-refractivity contribution in [3.63, 3.8) is 0 Å². The van der Waals surface area contributed by atoms with Crippen molar-refractivity contribution in [1.82, 2.24) is 14.8 Å². The molecule has 0 radical (unpaired) electrons. The summed E-state index contributed by atoms with van der Waals surface area (Å²) in [4.78, 5) is 4.16. The predicted octanol–water partition coefficient (Wildman–Crippen LogP) is 1.78. The van der Waals surface area contributed by atoms with Crippen molar-refractivity contribution in [1.29, 1.82) is 0 Å². The van der Waals surface area contributed by atoms with Gasteiger partial charge < -0.3 is 9.84 Å². The van der Waals surface area contributed by atoms with Gasteiger partial charge >= 0.3 is 0 Å². The van der Waals surface area contributed by atoms with E-state index in [9.17, 15) is 5.11 Å². The van der Waals surface area contributed by atoms with E-state index in [0.717, 1.165) is 13.0 Å². The first-order valence-electron chi connectivity index (χ1n) is 5.96. The molecule has 0 saturated carbocycles. The van der Waals surface area contributed by atoms with Crippen LogP contribution in [0.5, 0.6) is 5.75 Å². The second-order valence-electron chi connectivity index (χ2n) is 3.98. The van der Waals surface area contributed by atoms with Crippen LogP contribution in [-0.2, 0) is 6.54 Å². The van der Waals surface area contributed by atoms with E-state index in [1.807, 2.05) is 12.1 Å². The number of hydrogen-bond donors (Lipinski definition) is 1. The molecule has 0 bridgehead atoms. The van der Waals surface area contributed by atoms with Gasteiger partial charge in [0.25, 0.3) is 0 Å². The summed E-state index contributed by atoms with van der Waals surface area (Å²) in [5.74, 6) is 0.585. The van der Waals surface area contributed by atoms with E-state index < -0.39 is 6.10 Å². The summed E-state index contributed by atoms with van der Waals surface area (Å²) in [6, 6.07) is 5.45. The highest BCUT2D eigenvalue weighted by Crippen LogP contribution is 2.28. The van der Waals surface area contributed by atoms with Crippen molar-refractivity contribution in [2.75, 3.05) is 7.11 Å². The van der Waals surface area contributed by atoms with E-state index in [1.165, 1.54) is 0 Å². The van der Waals surface area contributed by atoms with Gasteiger partial charge in [-0.05, 0) is 18.6 Å². The number of aromatic nitrogens is 3. The number of aliphatic hydroxyl groups excluding tert-OH is 1. The minimum atomic E-state index is -0.824. The smallest absolute Gasteiger partial charge is 0.163 e. The zero-order valence-corrected chi connectivity index (χ0v) is 10.6. The molecule has 0 aliphatic carbocycles. The molecule has 2 heterocycles. The Morgan fingerprint density at radius 3 is 2.89 bits per heavy atom. The molecule has 0 aliphatic rings.